The van der Waals surface area contributed by atoms with Crippen LogP contribution in [-0.2, 0) is 5.75 Å². The molecular weight excluding hydrogens is 218 g/mol. The molecule has 2 aromatic rings. The molecule has 0 bridgehead atoms. The van der Waals surface area contributed by atoms with E-state index in [4.69, 9.17) is 0 Å². The van der Waals surface area contributed by atoms with Crippen LogP contribution in [0.15, 0.2) is 53.7 Å². The summed E-state index contributed by atoms with van der Waals surface area (Å²) in [6, 6.07) is 13.9. The number of carbonyl (C=O) groups is 1. The fourth-order valence-corrected chi connectivity index (χ4v) is 2.08. The first kappa shape index (κ1) is 10.9. The summed E-state index contributed by atoms with van der Waals surface area (Å²) < 4.78 is 0. The van der Waals surface area contributed by atoms with E-state index in [0.717, 1.165) is 17.1 Å². The highest BCUT2D eigenvalue weighted by Crippen LogP contribution is 2.20. The fourth-order valence-electron chi connectivity index (χ4n) is 1.28. The summed E-state index contributed by atoms with van der Waals surface area (Å²) in [6.45, 7) is 0. The maximum absolute atomic E-state index is 10.5. The predicted molar refractivity (Wildman–Crippen MR) is 65.6 cm³/mol. The highest BCUT2D eigenvalue weighted by molar-refractivity contribution is 7.98. The molecule has 16 heavy (non-hydrogen) atoms. The molecule has 0 aliphatic rings. The summed E-state index contributed by atoms with van der Waals surface area (Å²) in [5.74, 6) is 0.897. The molecular formula is C13H11NOS. The van der Waals surface area contributed by atoms with Crippen LogP contribution in [0.3, 0.4) is 0 Å². The minimum absolute atomic E-state index is 0.615. The molecule has 2 nitrogen and oxygen atoms in total. The van der Waals surface area contributed by atoms with E-state index in [-0.39, 0.29) is 0 Å². The third-order valence-corrected chi connectivity index (χ3v) is 3.14. The molecule has 0 fully saturated rings. The number of hydrogen-bond acceptors (Lipinski definition) is 3. The Morgan fingerprint density at radius 2 is 1.94 bits per heavy atom. The number of benzene rings is 1. The van der Waals surface area contributed by atoms with Gasteiger partial charge < -0.3 is 0 Å². The largest absolute Gasteiger partial charge is 0.298 e. The summed E-state index contributed by atoms with van der Waals surface area (Å²) in [6.07, 6.45) is 2.40. The van der Waals surface area contributed by atoms with Crippen molar-refractivity contribution >= 4 is 18.0 Å². The van der Waals surface area contributed by atoms with Crippen LogP contribution in [0.5, 0.6) is 0 Å². The zero-order valence-corrected chi connectivity index (χ0v) is 9.48. The normalized spacial score (nSPS) is 10.0. The molecule has 0 radical (unpaired) electrons. The van der Waals surface area contributed by atoms with Gasteiger partial charge in [0.15, 0.2) is 6.29 Å². The van der Waals surface area contributed by atoms with E-state index < -0.39 is 0 Å². The molecule has 2 rings (SSSR count). The number of carbonyl (C=O) groups excluding carboxylic acids is 1. The lowest BCUT2D eigenvalue weighted by Gasteiger charge is -2.00. The average molecular weight is 229 g/mol. The molecule has 0 amide bonds. The van der Waals surface area contributed by atoms with Crippen molar-refractivity contribution < 1.29 is 4.79 Å². The average Bonchev–Trinajstić information content (AvgIpc) is 2.38. The Hall–Kier alpha value is -1.61. The van der Waals surface area contributed by atoms with Crippen molar-refractivity contribution in [2.75, 3.05) is 0 Å². The molecule has 0 saturated carbocycles. The van der Waals surface area contributed by atoms with Crippen molar-refractivity contribution in [1.82, 2.24) is 4.98 Å². The number of aldehydes is 1. The van der Waals surface area contributed by atoms with Crippen molar-refractivity contribution in [2.45, 2.75) is 10.8 Å². The molecule has 1 heterocycles. The number of thioether (sulfide) groups is 1. The summed E-state index contributed by atoms with van der Waals surface area (Å²) in [4.78, 5) is 14.6. The van der Waals surface area contributed by atoms with E-state index in [2.05, 4.69) is 17.1 Å². The van der Waals surface area contributed by atoms with Gasteiger partial charge in [-0.25, -0.2) is 4.98 Å². The minimum atomic E-state index is 0.615. The van der Waals surface area contributed by atoms with Crippen molar-refractivity contribution in [3.05, 3.63) is 59.8 Å². The number of pyridine rings is 1. The Balaban J connectivity index is 1.97. The first-order valence-electron chi connectivity index (χ1n) is 4.96. The van der Waals surface area contributed by atoms with Gasteiger partial charge in [0.05, 0.1) is 5.03 Å². The Labute approximate surface area is 98.7 Å². The number of aromatic nitrogens is 1. The summed E-state index contributed by atoms with van der Waals surface area (Å²) in [5.41, 5.74) is 1.89. The Bertz CT molecular complexity index is 453. The van der Waals surface area contributed by atoms with Gasteiger partial charge >= 0.3 is 0 Å². The highest BCUT2D eigenvalue weighted by Gasteiger charge is 1.97. The highest BCUT2D eigenvalue weighted by atomic mass is 32.2. The molecule has 0 aliphatic carbocycles. The van der Waals surface area contributed by atoms with Gasteiger partial charge in [-0.05, 0) is 17.7 Å². The second-order valence-corrected chi connectivity index (χ2v) is 4.32. The Morgan fingerprint density at radius 1 is 1.12 bits per heavy atom. The van der Waals surface area contributed by atoms with Gasteiger partial charge in [0, 0.05) is 17.5 Å². The van der Waals surface area contributed by atoms with Gasteiger partial charge in [0.25, 0.3) is 0 Å². The number of nitrogens with zero attached hydrogens (tertiary/aromatic N) is 1. The van der Waals surface area contributed by atoms with E-state index in [1.54, 1.807) is 24.0 Å². The van der Waals surface area contributed by atoms with Crippen LogP contribution < -0.4 is 0 Å². The number of rotatable bonds is 4. The van der Waals surface area contributed by atoms with Crippen molar-refractivity contribution in [2.24, 2.45) is 0 Å². The lowest BCUT2D eigenvalue weighted by molar-refractivity contribution is 0.112. The van der Waals surface area contributed by atoms with Crippen LogP contribution in [0.1, 0.15) is 15.9 Å². The van der Waals surface area contributed by atoms with Gasteiger partial charge in [-0.15, -0.1) is 11.8 Å². The second-order valence-electron chi connectivity index (χ2n) is 3.32. The monoisotopic (exact) mass is 229 g/mol. The van der Waals surface area contributed by atoms with E-state index in [0.29, 0.717) is 5.56 Å². The van der Waals surface area contributed by atoms with Crippen LogP contribution >= 0.6 is 11.8 Å². The van der Waals surface area contributed by atoms with Crippen molar-refractivity contribution in [3.63, 3.8) is 0 Å². The van der Waals surface area contributed by atoms with E-state index >= 15 is 0 Å². The molecule has 0 aliphatic heterocycles. The predicted octanol–water partition coefficient (Wildman–Crippen LogP) is 3.19. The Morgan fingerprint density at radius 3 is 2.56 bits per heavy atom. The second kappa shape index (κ2) is 5.47. The fraction of sp³-hybridized carbons (Fsp3) is 0.0769. The van der Waals surface area contributed by atoms with Crippen LogP contribution in [0.2, 0.25) is 0 Å². The van der Waals surface area contributed by atoms with Gasteiger partial charge in [0.1, 0.15) is 0 Å². The summed E-state index contributed by atoms with van der Waals surface area (Å²) in [5, 5.41) is 0.939. The zero-order valence-electron chi connectivity index (χ0n) is 8.67. The van der Waals surface area contributed by atoms with Crippen LogP contribution in [-0.4, -0.2) is 11.3 Å². The molecule has 0 N–H and O–H groups in total. The molecule has 0 unspecified atom stereocenters. The van der Waals surface area contributed by atoms with Crippen molar-refractivity contribution in [3.8, 4) is 0 Å². The van der Waals surface area contributed by atoms with Gasteiger partial charge in [-0.3, -0.25) is 4.79 Å². The molecule has 1 aromatic carbocycles. The van der Waals surface area contributed by atoms with Crippen LogP contribution in [0, 0.1) is 0 Å². The smallest absolute Gasteiger partial charge is 0.151 e. The zero-order chi connectivity index (χ0) is 11.2. The van der Waals surface area contributed by atoms with Gasteiger partial charge in [-0.2, -0.15) is 0 Å². The maximum atomic E-state index is 10.5. The molecule has 3 heteroatoms. The lowest BCUT2D eigenvalue weighted by atomic mass is 10.2. The number of hydrogen-bond donors (Lipinski definition) is 0. The molecule has 0 saturated heterocycles. The lowest BCUT2D eigenvalue weighted by Crippen LogP contribution is -1.85. The third kappa shape index (κ3) is 2.94. The quantitative estimate of drug-likeness (QED) is 0.595. The first-order valence-corrected chi connectivity index (χ1v) is 5.95. The molecule has 0 atom stereocenters. The molecule has 80 valence electrons. The minimum Gasteiger partial charge on any atom is -0.298 e. The standard InChI is InChI=1S/C13H11NOS/c15-9-12-6-7-13(14-8-12)16-10-11-4-2-1-3-5-11/h1-9H,10H2. The van der Waals surface area contributed by atoms with Crippen molar-refractivity contribution in [1.29, 1.82) is 0 Å². The summed E-state index contributed by atoms with van der Waals surface area (Å²) in [7, 11) is 0. The molecule has 0 spiro atoms. The topological polar surface area (TPSA) is 30.0 Å². The van der Waals surface area contributed by atoms with Crippen LogP contribution in [0.4, 0.5) is 0 Å². The molecule has 1 aromatic heterocycles. The van der Waals surface area contributed by atoms with Crippen LogP contribution in [0.25, 0.3) is 0 Å². The first-order chi connectivity index (χ1) is 7.88. The van der Waals surface area contributed by atoms with Gasteiger partial charge in [0.2, 0.25) is 0 Å². The van der Waals surface area contributed by atoms with Gasteiger partial charge in [-0.1, -0.05) is 30.3 Å². The Kier molecular flexibility index (Phi) is 3.72. The van der Waals surface area contributed by atoms with E-state index in [9.17, 15) is 4.79 Å². The maximum Gasteiger partial charge on any atom is 0.151 e. The summed E-state index contributed by atoms with van der Waals surface area (Å²) >= 11 is 1.67. The van der Waals surface area contributed by atoms with E-state index in [1.807, 2.05) is 24.3 Å². The van der Waals surface area contributed by atoms with E-state index in [1.165, 1.54) is 5.56 Å². The SMILES string of the molecule is O=Cc1ccc(SCc2ccccc2)nc1. The third-order valence-electron chi connectivity index (χ3n) is 2.12.